The number of anilines is 1. The molecule has 98 valence electrons. The maximum Gasteiger partial charge on any atom is 0.269 e. The molecular formula is C13H11FN2O3. The van der Waals surface area contributed by atoms with Gasteiger partial charge in [-0.2, -0.15) is 0 Å². The molecule has 0 amide bonds. The number of nitro groups is 1. The standard InChI is InChI=1S/C13H11FN2O3/c14-10-2-1-3-12(7-10)19-8-9-6-11(16(17)18)4-5-13(9)15/h1-7H,8,15H2. The highest BCUT2D eigenvalue weighted by Crippen LogP contribution is 2.22. The summed E-state index contributed by atoms with van der Waals surface area (Å²) >= 11 is 0. The van der Waals surface area contributed by atoms with E-state index in [-0.39, 0.29) is 12.3 Å². The number of nitrogens with two attached hydrogens (primary N) is 1. The number of nitrogens with zero attached hydrogens (tertiary/aromatic N) is 1. The Kier molecular flexibility index (Phi) is 3.61. The van der Waals surface area contributed by atoms with Gasteiger partial charge in [-0.3, -0.25) is 10.1 Å². The molecule has 0 aliphatic rings. The molecule has 0 aliphatic carbocycles. The molecule has 0 unspecified atom stereocenters. The minimum atomic E-state index is -0.509. The van der Waals surface area contributed by atoms with Crippen molar-refractivity contribution in [3.8, 4) is 5.75 Å². The van der Waals surface area contributed by atoms with Crippen LogP contribution in [0.25, 0.3) is 0 Å². The summed E-state index contributed by atoms with van der Waals surface area (Å²) in [6.45, 7) is 0.0387. The highest BCUT2D eigenvalue weighted by molar-refractivity contribution is 5.52. The van der Waals surface area contributed by atoms with Gasteiger partial charge in [0.25, 0.3) is 5.69 Å². The smallest absolute Gasteiger partial charge is 0.269 e. The fraction of sp³-hybridized carbons (Fsp3) is 0.0769. The Morgan fingerprint density at radius 1 is 1.26 bits per heavy atom. The summed E-state index contributed by atoms with van der Waals surface area (Å²) in [7, 11) is 0. The molecule has 0 saturated carbocycles. The number of ether oxygens (including phenoxy) is 1. The average Bonchev–Trinajstić information content (AvgIpc) is 2.37. The van der Waals surface area contributed by atoms with Gasteiger partial charge < -0.3 is 10.5 Å². The normalized spacial score (nSPS) is 10.2. The molecule has 0 radical (unpaired) electrons. The van der Waals surface area contributed by atoms with Gasteiger partial charge in [-0.25, -0.2) is 4.39 Å². The number of benzene rings is 2. The molecule has 2 aromatic rings. The first-order valence-corrected chi connectivity index (χ1v) is 5.47. The van der Waals surface area contributed by atoms with E-state index >= 15 is 0 Å². The van der Waals surface area contributed by atoms with Crippen LogP contribution in [0.3, 0.4) is 0 Å². The predicted molar refractivity (Wildman–Crippen MR) is 68.2 cm³/mol. The topological polar surface area (TPSA) is 78.4 Å². The molecule has 0 fully saturated rings. The lowest BCUT2D eigenvalue weighted by molar-refractivity contribution is -0.384. The summed E-state index contributed by atoms with van der Waals surface area (Å²) in [5, 5.41) is 10.7. The molecule has 5 nitrogen and oxygen atoms in total. The largest absolute Gasteiger partial charge is 0.489 e. The average molecular weight is 262 g/mol. The molecule has 0 aromatic heterocycles. The molecule has 2 aromatic carbocycles. The Morgan fingerprint density at radius 2 is 2.05 bits per heavy atom. The van der Waals surface area contributed by atoms with Crippen molar-refractivity contribution in [2.75, 3.05) is 5.73 Å². The zero-order valence-electron chi connectivity index (χ0n) is 9.88. The van der Waals surface area contributed by atoms with Crippen molar-refractivity contribution >= 4 is 11.4 Å². The zero-order valence-corrected chi connectivity index (χ0v) is 9.88. The van der Waals surface area contributed by atoms with E-state index in [2.05, 4.69) is 0 Å². The molecule has 0 aliphatic heterocycles. The molecule has 6 heteroatoms. The number of non-ortho nitro benzene ring substituents is 1. The first-order valence-electron chi connectivity index (χ1n) is 5.47. The Bertz CT molecular complexity index is 617. The quantitative estimate of drug-likeness (QED) is 0.522. The highest BCUT2D eigenvalue weighted by atomic mass is 19.1. The van der Waals surface area contributed by atoms with Crippen molar-refractivity contribution in [3.63, 3.8) is 0 Å². The number of rotatable bonds is 4. The SMILES string of the molecule is Nc1ccc([N+](=O)[O-])cc1COc1cccc(F)c1. The van der Waals surface area contributed by atoms with Gasteiger partial charge >= 0.3 is 0 Å². The molecular weight excluding hydrogens is 251 g/mol. The third-order valence-corrected chi connectivity index (χ3v) is 2.53. The molecule has 0 heterocycles. The Labute approximate surface area is 108 Å². The predicted octanol–water partition coefficient (Wildman–Crippen LogP) is 2.90. The fourth-order valence-corrected chi connectivity index (χ4v) is 1.55. The number of hydrogen-bond donors (Lipinski definition) is 1. The molecule has 2 N–H and O–H groups in total. The van der Waals surface area contributed by atoms with E-state index in [1.807, 2.05) is 0 Å². The van der Waals surface area contributed by atoms with Crippen LogP contribution in [0, 0.1) is 15.9 Å². The van der Waals surface area contributed by atoms with E-state index in [1.165, 1.54) is 36.4 Å². The number of nitrogen functional groups attached to an aromatic ring is 1. The Balaban J connectivity index is 2.15. The van der Waals surface area contributed by atoms with Crippen LogP contribution < -0.4 is 10.5 Å². The van der Waals surface area contributed by atoms with Gasteiger partial charge in [0.05, 0.1) is 4.92 Å². The summed E-state index contributed by atoms with van der Waals surface area (Å²) in [6, 6.07) is 9.75. The van der Waals surface area contributed by atoms with Crippen molar-refractivity contribution < 1.29 is 14.1 Å². The lowest BCUT2D eigenvalue weighted by atomic mass is 10.1. The van der Waals surface area contributed by atoms with E-state index in [0.717, 1.165) is 0 Å². The van der Waals surface area contributed by atoms with E-state index in [0.29, 0.717) is 17.0 Å². The van der Waals surface area contributed by atoms with Gasteiger partial charge in [0, 0.05) is 29.4 Å². The molecule has 2 rings (SSSR count). The first kappa shape index (κ1) is 12.8. The summed E-state index contributed by atoms with van der Waals surface area (Å²) in [5.41, 5.74) is 6.52. The van der Waals surface area contributed by atoms with Gasteiger partial charge in [0.2, 0.25) is 0 Å². The van der Waals surface area contributed by atoms with Crippen LogP contribution in [-0.2, 0) is 6.61 Å². The second kappa shape index (κ2) is 5.34. The van der Waals surface area contributed by atoms with Gasteiger partial charge in [0.15, 0.2) is 0 Å². The summed E-state index contributed by atoms with van der Waals surface area (Å²) in [6.07, 6.45) is 0. The molecule has 19 heavy (non-hydrogen) atoms. The molecule has 0 spiro atoms. The monoisotopic (exact) mass is 262 g/mol. The Morgan fingerprint density at radius 3 is 2.74 bits per heavy atom. The second-order valence-electron chi connectivity index (χ2n) is 3.89. The third-order valence-electron chi connectivity index (χ3n) is 2.53. The van der Waals surface area contributed by atoms with Crippen LogP contribution in [0.2, 0.25) is 0 Å². The molecule has 0 saturated heterocycles. The van der Waals surface area contributed by atoms with Gasteiger partial charge in [-0.15, -0.1) is 0 Å². The lowest BCUT2D eigenvalue weighted by Gasteiger charge is -2.08. The minimum absolute atomic E-state index is 0.0387. The number of hydrogen-bond acceptors (Lipinski definition) is 4. The lowest BCUT2D eigenvalue weighted by Crippen LogP contribution is -2.01. The van der Waals surface area contributed by atoms with E-state index in [4.69, 9.17) is 10.5 Å². The second-order valence-corrected chi connectivity index (χ2v) is 3.89. The van der Waals surface area contributed by atoms with Crippen LogP contribution >= 0.6 is 0 Å². The van der Waals surface area contributed by atoms with Crippen molar-refractivity contribution in [1.29, 1.82) is 0 Å². The van der Waals surface area contributed by atoms with E-state index < -0.39 is 10.7 Å². The zero-order chi connectivity index (χ0) is 13.8. The maximum absolute atomic E-state index is 12.9. The van der Waals surface area contributed by atoms with Crippen LogP contribution in [0.15, 0.2) is 42.5 Å². The third kappa shape index (κ3) is 3.19. The van der Waals surface area contributed by atoms with Crippen LogP contribution in [0.1, 0.15) is 5.56 Å². The van der Waals surface area contributed by atoms with E-state index in [1.54, 1.807) is 6.07 Å². The van der Waals surface area contributed by atoms with Crippen LogP contribution in [-0.4, -0.2) is 4.92 Å². The molecule has 0 bridgehead atoms. The van der Waals surface area contributed by atoms with Crippen molar-refractivity contribution in [1.82, 2.24) is 0 Å². The van der Waals surface area contributed by atoms with Gasteiger partial charge in [-0.05, 0) is 18.2 Å². The summed E-state index contributed by atoms with van der Waals surface area (Å²) in [4.78, 5) is 10.1. The van der Waals surface area contributed by atoms with Crippen LogP contribution in [0.5, 0.6) is 5.75 Å². The fourth-order valence-electron chi connectivity index (χ4n) is 1.55. The van der Waals surface area contributed by atoms with Crippen molar-refractivity contribution in [2.24, 2.45) is 0 Å². The van der Waals surface area contributed by atoms with Crippen molar-refractivity contribution in [3.05, 3.63) is 64.0 Å². The van der Waals surface area contributed by atoms with Gasteiger partial charge in [0.1, 0.15) is 18.2 Å². The number of halogens is 1. The van der Waals surface area contributed by atoms with Crippen molar-refractivity contribution in [2.45, 2.75) is 6.61 Å². The highest BCUT2D eigenvalue weighted by Gasteiger charge is 2.09. The molecule has 0 atom stereocenters. The number of nitro benzene ring substituents is 1. The maximum atomic E-state index is 12.9. The minimum Gasteiger partial charge on any atom is -0.489 e. The van der Waals surface area contributed by atoms with E-state index in [9.17, 15) is 14.5 Å². The first-order chi connectivity index (χ1) is 9.06. The Hall–Kier alpha value is -2.63. The summed E-state index contributed by atoms with van der Waals surface area (Å²) < 4.78 is 18.3. The van der Waals surface area contributed by atoms with Gasteiger partial charge in [-0.1, -0.05) is 6.07 Å². The summed E-state index contributed by atoms with van der Waals surface area (Å²) in [5.74, 6) is -0.0737. The van der Waals surface area contributed by atoms with Crippen LogP contribution in [0.4, 0.5) is 15.8 Å².